The standard InChI is InChI=1S/C18H30N4O3/c1-11(12-7-3-2-4-8-12)20-17(24)14-15(23)18(25)22-16(21-14)13-9-5-6-10-19-13/h11-12,14-15,18,23,25H,2-10H2,1H3,(H,20,24)(H,21,22)/t11-,14?,15?,18?/m0/s1. The fraction of sp³-hybridized carbons (Fsp3) is 0.833. The molecule has 0 aromatic rings. The zero-order valence-electron chi connectivity index (χ0n) is 14.9. The number of amides is 1. The van der Waals surface area contributed by atoms with Gasteiger partial charge >= 0.3 is 0 Å². The van der Waals surface area contributed by atoms with Crippen LogP contribution in [0.2, 0.25) is 0 Å². The number of nitrogens with zero attached hydrogens (tertiary/aromatic N) is 2. The summed E-state index contributed by atoms with van der Waals surface area (Å²) < 4.78 is 0. The molecule has 140 valence electrons. The smallest absolute Gasteiger partial charge is 0.245 e. The first-order valence-electron chi connectivity index (χ1n) is 9.61. The second kappa shape index (κ2) is 8.27. The summed E-state index contributed by atoms with van der Waals surface area (Å²) in [6.07, 6.45) is 6.25. The SMILES string of the molecule is C[C@H](NC(=O)C1NC(C2=NCCCC2)=NC(O)C1O)C1CCCCC1. The molecule has 4 atom stereocenters. The predicted octanol–water partition coefficient (Wildman–Crippen LogP) is 0.746. The lowest BCUT2D eigenvalue weighted by atomic mass is 9.84. The molecule has 7 heteroatoms. The van der Waals surface area contributed by atoms with Crippen molar-refractivity contribution in [3.8, 4) is 0 Å². The van der Waals surface area contributed by atoms with Gasteiger partial charge in [0.15, 0.2) is 6.23 Å². The first kappa shape index (κ1) is 18.3. The lowest BCUT2D eigenvalue weighted by Gasteiger charge is -2.34. The molecule has 0 bridgehead atoms. The lowest BCUT2D eigenvalue weighted by Crippen LogP contribution is -2.62. The van der Waals surface area contributed by atoms with Crippen molar-refractivity contribution >= 4 is 17.5 Å². The van der Waals surface area contributed by atoms with Gasteiger partial charge < -0.3 is 20.8 Å². The molecule has 3 aliphatic rings. The molecule has 0 saturated heterocycles. The van der Waals surface area contributed by atoms with Crippen LogP contribution < -0.4 is 10.6 Å². The number of aliphatic hydroxyl groups excluding tert-OH is 2. The highest BCUT2D eigenvalue weighted by Crippen LogP contribution is 2.26. The van der Waals surface area contributed by atoms with Crippen LogP contribution in [0, 0.1) is 5.92 Å². The number of hydrogen-bond acceptors (Lipinski definition) is 6. The van der Waals surface area contributed by atoms with E-state index in [4.69, 9.17) is 0 Å². The molecule has 3 rings (SSSR count). The number of nitrogens with one attached hydrogen (secondary N) is 2. The zero-order valence-corrected chi connectivity index (χ0v) is 14.9. The van der Waals surface area contributed by atoms with Crippen LogP contribution in [-0.2, 0) is 4.79 Å². The fourth-order valence-electron chi connectivity index (χ4n) is 3.99. The van der Waals surface area contributed by atoms with E-state index >= 15 is 0 Å². The van der Waals surface area contributed by atoms with Gasteiger partial charge in [0.1, 0.15) is 18.0 Å². The third-order valence-corrected chi connectivity index (χ3v) is 5.61. The number of carbonyl (C=O) groups excluding carboxylic acids is 1. The molecule has 4 N–H and O–H groups in total. The van der Waals surface area contributed by atoms with Crippen molar-refractivity contribution in [2.75, 3.05) is 6.54 Å². The molecule has 7 nitrogen and oxygen atoms in total. The molecule has 0 aromatic carbocycles. The predicted molar refractivity (Wildman–Crippen MR) is 96.7 cm³/mol. The Morgan fingerprint density at radius 1 is 1.20 bits per heavy atom. The number of carbonyl (C=O) groups is 1. The van der Waals surface area contributed by atoms with Gasteiger partial charge in [-0.1, -0.05) is 19.3 Å². The van der Waals surface area contributed by atoms with Crippen LogP contribution in [0.1, 0.15) is 58.3 Å². The Morgan fingerprint density at radius 3 is 2.64 bits per heavy atom. The van der Waals surface area contributed by atoms with Gasteiger partial charge in [-0.2, -0.15) is 0 Å². The molecule has 0 spiro atoms. The van der Waals surface area contributed by atoms with Crippen LogP contribution in [0.15, 0.2) is 9.98 Å². The highest BCUT2D eigenvalue weighted by molar-refractivity contribution is 6.42. The maximum Gasteiger partial charge on any atom is 0.245 e. The van der Waals surface area contributed by atoms with Crippen LogP contribution in [0.4, 0.5) is 0 Å². The molecule has 3 unspecified atom stereocenters. The number of hydrogen-bond donors (Lipinski definition) is 4. The third-order valence-electron chi connectivity index (χ3n) is 5.61. The summed E-state index contributed by atoms with van der Waals surface area (Å²) in [6, 6.07) is -0.841. The molecule has 1 amide bonds. The minimum atomic E-state index is -1.30. The van der Waals surface area contributed by atoms with E-state index in [-0.39, 0.29) is 11.9 Å². The summed E-state index contributed by atoms with van der Waals surface area (Å²) in [5.74, 6) is 0.649. The molecule has 1 fully saturated rings. The minimum Gasteiger partial charge on any atom is -0.386 e. The Labute approximate surface area is 149 Å². The molecule has 25 heavy (non-hydrogen) atoms. The monoisotopic (exact) mass is 350 g/mol. The van der Waals surface area contributed by atoms with Crippen LogP contribution in [-0.4, -0.2) is 58.6 Å². The van der Waals surface area contributed by atoms with Crippen molar-refractivity contribution in [1.82, 2.24) is 10.6 Å². The Morgan fingerprint density at radius 2 is 1.96 bits per heavy atom. The fourth-order valence-corrected chi connectivity index (χ4v) is 3.99. The summed E-state index contributed by atoms with van der Waals surface area (Å²) in [4.78, 5) is 21.2. The second-order valence-corrected chi connectivity index (χ2v) is 7.48. The molecular formula is C18H30N4O3. The number of aliphatic hydroxyl groups is 2. The molecule has 1 saturated carbocycles. The van der Waals surface area contributed by atoms with Crippen LogP contribution in [0.25, 0.3) is 0 Å². The molecule has 0 radical (unpaired) electrons. The Kier molecular flexibility index (Phi) is 6.06. The highest BCUT2D eigenvalue weighted by atomic mass is 16.3. The van der Waals surface area contributed by atoms with Gasteiger partial charge in [-0.3, -0.25) is 9.79 Å². The normalized spacial score (nSPS) is 32.2. The maximum atomic E-state index is 12.7. The Hall–Kier alpha value is -1.47. The van der Waals surface area contributed by atoms with Gasteiger partial charge in [0, 0.05) is 12.6 Å². The molecule has 2 aliphatic heterocycles. The zero-order chi connectivity index (χ0) is 17.8. The van der Waals surface area contributed by atoms with Crippen molar-refractivity contribution < 1.29 is 15.0 Å². The minimum absolute atomic E-state index is 0.0632. The van der Waals surface area contributed by atoms with Crippen molar-refractivity contribution in [3.63, 3.8) is 0 Å². The molecular weight excluding hydrogens is 320 g/mol. The average Bonchev–Trinajstić information content (AvgIpc) is 2.65. The van der Waals surface area contributed by atoms with Gasteiger partial charge in [-0.15, -0.1) is 0 Å². The van der Waals surface area contributed by atoms with Crippen molar-refractivity contribution in [3.05, 3.63) is 0 Å². The van der Waals surface area contributed by atoms with E-state index in [2.05, 4.69) is 20.6 Å². The van der Waals surface area contributed by atoms with E-state index in [0.717, 1.165) is 44.4 Å². The average molecular weight is 350 g/mol. The summed E-state index contributed by atoms with van der Waals surface area (Å²) in [5.41, 5.74) is 0.787. The van der Waals surface area contributed by atoms with Crippen LogP contribution >= 0.6 is 0 Å². The van der Waals surface area contributed by atoms with Crippen LogP contribution in [0.3, 0.4) is 0 Å². The van der Waals surface area contributed by atoms with Gasteiger partial charge in [0.25, 0.3) is 0 Å². The van der Waals surface area contributed by atoms with Crippen molar-refractivity contribution in [2.45, 2.75) is 82.7 Å². The Balaban J connectivity index is 1.64. The van der Waals surface area contributed by atoms with E-state index in [9.17, 15) is 15.0 Å². The quantitative estimate of drug-likeness (QED) is 0.600. The largest absolute Gasteiger partial charge is 0.386 e. The van der Waals surface area contributed by atoms with E-state index in [1.54, 1.807) is 0 Å². The van der Waals surface area contributed by atoms with E-state index in [0.29, 0.717) is 11.8 Å². The lowest BCUT2D eigenvalue weighted by molar-refractivity contribution is -0.129. The third kappa shape index (κ3) is 4.39. The second-order valence-electron chi connectivity index (χ2n) is 7.48. The van der Waals surface area contributed by atoms with Crippen LogP contribution in [0.5, 0.6) is 0 Å². The van der Waals surface area contributed by atoms with Gasteiger partial charge in [0.2, 0.25) is 5.91 Å². The number of amidine groups is 1. The van der Waals surface area contributed by atoms with E-state index in [1.807, 2.05) is 6.92 Å². The maximum absolute atomic E-state index is 12.7. The number of rotatable bonds is 4. The number of aliphatic imine (C=N–C) groups is 2. The van der Waals surface area contributed by atoms with Gasteiger partial charge in [-0.25, -0.2) is 4.99 Å². The van der Waals surface area contributed by atoms with Gasteiger partial charge in [-0.05, 0) is 44.9 Å². The van der Waals surface area contributed by atoms with Crippen molar-refractivity contribution in [2.24, 2.45) is 15.9 Å². The summed E-state index contributed by atoms with van der Waals surface area (Å²) >= 11 is 0. The molecule has 0 aromatic heterocycles. The van der Waals surface area contributed by atoms with Gasteiger partial charge in [0.05, 0.1) is 5.71 Å². The Bertz CT molecular complexity index is 542. The van der Waals surface area contributed by atoms with E-state index < -0.39 is 18.4 Å². The molecule has 1 aliphatic carbocycles. The van der Waals surface area contributed by atoms with Crippen molar-refractivity contribution in [1.29, 1.82) is 0 Å². The highest BCUT2D eigenvalue weighted by Gasteiger charge is 2.38. The first-order valence-corrected chi connectivity index (χ1v) is 9.61. The summed E-state index contributed by atoms with van der Waals surface area (Å²) in [7, 11) is 0. The first-order chi connectivity index (χ1) is 12.1. The van der Waals surface area contributed by atoms with E-state index in [1.165, 1.54) is 19.3 Å². The topological polar surface area (TPSA) is 106 Å². The molecule has 2 heterocycles. The summed E-state index contributed by atoms with van der Waals surface area (Å²) in [6.45, 7) is 2.77. The summed E-state index contributed by atoms with van der Waals surface area (Å²) in [5, 5.41) is 26.3.